The summed E-state index contributed by atoms with van der Waals surface area (Å²) in [6.07, 6.45) is 0.652. The summed E-state index contributed by atoms with van der Waals surface area (Å²) >= 11 is 0. The van der Waals surface area contributed by atoms with Gasteiger partial charge in [-0.25, -0.2) is 13.1 Å². The van der Waals surface area contributed by atoms with Gasteiger partial charge in [-0.05, 0) is 19.9 Å². The molecule has 0 aliphatic heterocycles. The van der Waals surface area contributed by atoms with E-state index in [9.17, 15) is 8.42 Å². The second-order valence-corrected chi connectivity index (χ2v) is 5.03. The van der Waals surface area contributed by atoms with Crippen molar-refractivity contribution in [1.82, 2.24) is 4.72 Å². The van der Waals surface area contributed by atoms with Crippen molar-refractivity contribution in [2.24, 2.45) is 5.73 Å². The van der Waals surface area contributed by atoms with Crippen LogP contribution in [0.3, 0.4) is 0 Å². The summed E-state index contributed by atoms with van der Waals surface area (Å²) in [4.78, 5) is 0. The molecule has 0 amide bonds. The minimum absolute atomic E-state index is 0.206. The molecule has 1 atom stereocenters. The van der Waals surface area contributed by atoms with E-state index >= 15 is 0 Å². The Kier molecular flexibility index (Phi) is 6.23. The van der Waals surface area contributed by atoms with Gasteiger partial charge in [0.2, 0.25) is 10.0 Å². The zero-order valence-corrected chi connectivity index (χ0v) is 8.93. The maximum Gasteiger partial charge on any atom is 0.216 e. The molecule has 13 heavy (non-hydrogen) atoms. The Morgan fingerprint density at radius 1 is 1.54 bits per heavy atom. The van der Waals surface area contributed by atoms with Crippen molar-refractivity contribution < 1.29 is 13.2 Å². The monoisotopic (exact) mass is 210 g/mol. The minimum Gasteiger partial charge on any atom is -0.383 e. The summed E-state index contributed by atoms with van der Waals surface area (Å²) in [6.45, 7) is 2.69. The Bertz CT molecular complexity index is 216. The van der Waals surface area contributed by atoms with Gasteiger partial charge in [0.15, 0.2) is 0 Å². The summed E-state index contributed by atoms with van der Waals surface area (Å²) in [6, 6.07) is 0. The maximum absolute atomic E-state index is 11.4. The first kappa shape index (κ1) is 12.8. The Morgan fingerprint density at radius 3 is 2.62 bits per heavy atom. The molecular formula is C7H18N2O3S. The van der Waals surface area contributed by atoms with Gasteiger partial charge in [-0.1, -0.05) is 0 Å². The SMILES string of the molecule is COCC(C)S(=O)(=O)NCCCN. The van der Waals surface area contributed by atoms with Gasteiger partial charge in [0.25, 0.3) is 0 Å². The molecule has 0 aliphatic carbocycles. The smallest absolute Gasteiger partial charge is 0.216 e. The van der Waals surface area contributed by atoms with Crippen molar-refractivity contribution in [3.63, 3.8) is 0 Å². The highest BCUT2D eigenvalue weighted by atomic mass is 32.2. The van der Waals surface area contributed by atoms with E-state index in [0.717, 1.165) is 0 Å². The molecule has 0 spiro atoms. The number of sulfonamides is 1. The Hall–Kier alpha value is -0.170. The van der Waals surface area contributed by atoms with Crippen LogP contribution < -0.4 is 10.5 Å². The molecule has 0 aliphatic rings. The first-order valence-electron chi connectivity index (χ1n) is 4.22. The molecule has 0 aromatic heterocycles. The van der Waals surface area contributed by atoms with E-state index in [-0.39, 0.29) is 6.61 Å². The molecule has 0 radical (unpaired) electrons. The number of hydrogen-bond acceptors (Lipinski definition) is 4. The van der Waals surface area contributed by atoms with E-state index < -0.39 is 15.3 Å². The van der Waals surface area contributed by atoms with Gasteiger partial charge in [-0.15, -0.1) is 0 Å². The first-order chi connectivity index (χ1) is 6.04. The molecule has 6 heteroatoms. The molecule has 0 fully saturated rings. The predicted octanol–water partition coefficient (Wildman–Crippen LogP) is -0.710. The molecule has 1 unspecified atom stereocenters. The standard InChI is InChI=1S/C7H18N2O3S/c1-7(6-12-2)13(10,11)9-5-3-4-8/h7,9H,3-6,8H2,1-2H3. The lowest BCUT2D eigenvalue weighted by atomic mass is 10.4. The highest BCUT2D eigenvalue weighted by Gasteiger charge is 2.19. The maximum atomic E-state index is 11.4. The fourth-order valence-electron chi connectivity index (χ4n) is 0.783. The van der Waals surface area contributed by atoms with Crippen LogP contribution in [0.25, 0.3) is 0 Å². The number of ether oxygens (including phenoxy) is 1. The Labute approximate surface area is 79.7 Å². The van der Waals surface area contributed by atoms with Gasteiger partial charge in [-0.3, -0.25) is 0 Å². The number of hydrogen-bond donors (Lipinski definition) is 2. The van der Waals surface area contributed by atoms with Gasteiger partial charge in [-0.2, -0.15) is 0 Å². The molecule has 0 aromatic rings. The predicted molar refractivity (Wildman–Crippen MR) is 51.9 cm³/mol. The third kappa shape index (κ3) is 5.20. The van der Waals surface area contributed by atoms with Crippen LogP contribution in [-0.2, 0) is 14.8 Å². The van der Waals surface area contributed by atoms with E-state index in [1.165, 1.54) is 7.11 Å². The topological polar surface area (TPSA) is 81.4 Å². The first-order valence-corrected chi connectivity index (χ1v) is 5.76. The number of rotatable bonds is 7. The second-order valence-electron chi connectivity index (χ2n) is 2.85. The third-order valence-electron chi connectivity index (χ3n) is 1.62. The number of nitrogens with one attached hydrogen (secondary N) is 1. The largest absolute Gasteiger partial charge is 0.383 e. The molecule has 3 N–H and O–H groups in total. The van der Waals surface area contributed by atoms with Crippen molar-refractivity contribution in [3.8, 4) is 0 Å². The molecule has 0 saturated heterocycles. The average molecular weight is 210 g/mol. The van der Waals surface area contributed by atoms with E-state index in [0.29, 0.717) is 19.5 Å². The van der Waals surface area contributed by atoms with Crippen molar-refractivity contribution >= 4 is 10.0 Å². The van der Waals surface area contributed by atoms with E-state index in [1.54, 1.807) is 6.92 Å². The van der Waals surface area contributed by atoms with Gasteiger partial charge in [0, 0.05) is 13.7 Å². The van der Waals surface area contributed by atoms with E-state index in [4.69, 9.17) is 10.5 Å². The fraction of sp³-hybridized carbons (Fsp3) is 1.00. The van der Waals surface area contributed by atoms with Crippen LogP contribution in [-0.4, -0.2) is 40.5 Å². The molecule has 0 bridgehead atoms. The summed E-state index contributed by atoms with van der Waals surface area (Å²) in [5.74, 6) is 0. The van der Waals surface area contributed by atoms with Crippen molar-refractivity contribution in [3.05, 3.63) is 0 Å². The van der Waals surface area contributed by atoms with E-state index in [1.807, 2.05) is 0 Å². The molecule has 0 saturated carbocycles. The van der Waals surface area contributed by atoms with Gasteiger partial charge in [0.1, 0.15) is 0 Å². The zero-order valence-electron chi connectivity index (χ0n) is 8.12. The lowest BCUT2D eigenvalue weighted by Crippen LogP contribution is -2.36. The lowest BCUT2D eigenvalue weighted by molar-refractivity contribution is 0.200. The minimum atomic E-state index is -3.23. The van der Waals surface area contributed by atoms with Crippen molar-refractivity contribution in [2.75, 3.05) is 26.8 Å². The van der Waals surface area contributed by atoms with Gasteiger partial charge in [0.05, 0.1) is 11.9 Å². The highest BCUT2D eigenvalue weighted by Crippen LogP contribution is 1.97. The molecule has 5 nitrogen and oxygen atoms in total. The summed E-state index contributed by atoms with van der Waals surface area (Å²) in [5, 5.41) is -0.518. The van der Waals surface area contributed by atoms with Crippen molar-refractivity contribution in [2.45, 2.75) is 18.6 Å². The summed E-state index contributed by atoms with van der Waals surface area (Å²) < 4.78 is 29.9. The van der Waals surface area contributed by atoms with Crippen LogP contribution in [0, 0.1) is 0 Å². The quantitative estimate of drug-likeness (QED) is 0.544. The summed E-state index contributed by atoms with van der Waals surface area (Å²) in [5.41, 5.74) is 5.23. The molecule has 0 aromatic carbocycles. The van der Waals surface area contributed by atoms with Crippen LogP contribution in [0.1, 0.15) is 13.3 Å². The lowest BCUT2D eigenvalue weighted by Gasteiger charge is -2.12. The fourth-order valence-corrected chi connectivity index (χ4v) is 1.81. The third-order valence-corrected chi connectivity index (χ3v) is 3.42. The Balaban J connectivity index is 3.92. The molecule has 0 rings (SSSR count). The second kappa shape index (κ2) is 6.31. The average Bonchev–Trinajstić information content (AvgIpc) is 2.05. The Morgan fingerprint density at radius 2 is 2.15 bits per heavy atom. The van der Waals surface area contributed by atoms with Crippen molar-refractivity contribution in [1.29, 1.82) is 0 Å². The molecule has 80 valence electrons. The van der Waals surface area contributed by atoms with Crippen LogP contribution >= 0.6 is 0 Å². The number of nitrogens with two attached hydrogens (primary N) is 1. The van der Waals surface area contributed by atoms with Gasteiger partial charge < -0.3 is 10.5 Å². The molecule has 0 heterocycles. The van der Waals surface area contributed by atoms with Crippen LogP contribution in [0.5, 0.6) is 0 Å². The molecular weight excluding hydrogens is 192 g/mol. The zero-order chi connectivity index (χ0) is 10.3. The van der Waals surface area contributed by atoms with Crippen LogP contribution in [0.15, 0.2) is 0 Å². The normalized spacial score (nSPS) is 14.4. The van der Waals surface area contributed by atoms with Crippen LogP contribution in [0.4, 0.5) is 0 Å². The number of methoxy groups -OCH3 is 1. The van der Waals surface area contributed by atoms with Crippen LogP contribution in [0.2, 0.25) is 0 Å². The summed E-state index contributed by atoms with van der Waals surface area (Å²) in [7, 11) is -1.75. The van der Waals surface area contributed by atoms with Gasteiger partial charge >= 0.3 is 0 Å². The highest BCUT2D eigenvalue weighted by molar-refractivity contribution is 7.90. The van der Waals surface area contributed by atoms with E-state index in [2.05, 4.69) is 4.72 Å².